The van der Waals surface area contributed by atoms with Crippen molar-refractivity contribution in [3.8, 4) is 11.5 Å². The highest BCUT2D eigenvalue weighted by molar-refractivity contribution is 6.10. The molecule has 5 rings (SSSR count). The van der Waals surface area contributed by atoms with E-state index in [9.17, 15) is 35.1 Å². The van der Waals surface area contributed by atoms with Crippen molar-refractivity contribution in [1.29, 1.82) is 0 Å². The number of aliphatic hydroxyl groups excluding tert-OH is 2. The van der Waals surface area contributed by atoms with Crippen LogP contribution in [0, 0.1) is 23.2 Å². The van der Waals surface area contributed by atoms with E-state index in [1.54, 1.807) is 6.08 Å². The summed E-state index contributed by atoms with van der Waals surface area (Å²) in [5, 5.41) is 53.6. The van der Waals surface area contributed by atoms with Crippen LogP contribution in [0.1, 0.15) is 61.9 Å². The molecule has 1 unspecified atom stereocenters. The number of aromatic hydroxyl groups is 2. The predicted molar refractivity (Wildman–Crippen MR) is 114 cm³/mol. The number of hydrogen-bond acceptors (Lipinski definition) is 7. The lowest BCUT2D eigenvalue weighted by atomic mass is 9.44. The molecule has 0 amide bonds. The molecule has 0 saturated heterocycles. The van der Waals surface area contributed by atoms with Gasteiger partial charge in [0.15, 0.2) is 11.6 Å². The second kappa shape index (κ2) is 6.65. The molecule has 3 fully saturated rings. The van der Waals surface area contributed by atoms with Crippen molar-refractivity contribution in [1.82, 2.24) is 0 Å². The third-order valence-corrected chi connectivity index (χ3v) is 9.52. The average Bonchev–Trinajstić information content (AvgIpc) is 3.01. The topological polar surface area (TPSA) is 135 Å². The lowest BCUT2D eigenvalue weighted by Gasteiger charge is -2.60. The summed E-state index contributed by atoms with van der Waals surface area (Å²) in [5.41, 5.74) is -2.15. The summed E-state index contributed by atoms with van der Waals surface area (Å²) in [4.78, 5) is 25.4. The Labute approximate surface area is 186 Å². The summed E-state index contributed by atoms with van der Waals surface area (Å²) in [6.07, 6.45) is 2.92. The van der Waals surface area contributed by atoms with Gasteiger partial charge in [0.25, 0.3) is 0 Å². The summed E-state index contributed by atoms with van der Waals surface area (Å²) in [5.74, 6) is -1.71. The van der Waals surface area contributed by atoms with Gasteiger partial charge in [-0.3, -0.25) is 9.59 Å². The van der Waals surface area contributed by atoms with Crippen LogP contribution in [-0.2, 0) is 10.2 Å². The van der Waals surface area contributed by atoms with Gasteiger partial charge < -0.3 is 25.5 Å². The van der Waals surface area contributed by atoms with E-state index in [1.807, 2.05) is 13.8 Å². The Balaban J connectivity index is 1.67. The fraction of sp³-hybridized carbons (Fsp3) is 0.600. The van der Waals surface area contributed by atoms with Gasteiger partial charge in [0.2, 0.25) is 0 Å². The highest BCUT2D eigenvalue weighted by Crippen LogP contribution is 2.68. The lowest BCUT2D eigenvalue weighted by molar-refractivity contribution is -0.176. The number of phenolic OH excluding ortho intramolecular Hbond substituents is 2. The van der Waals surface area contributed by atoms with Crippen molar-refractivity contribution in [2.24, 2.45) is 23.2 Å². The summed E-state index contributed by atoms with van der Waals surface area (Å²) >= 11 is 0. The molecule has 0 bridgehead atoms. The van der Waals surface area contributed by atoms with Crippen LogP contribution in [0.2, 0.25) is 0 Å². The van der Waals surface area contributed by atoms with Crippen LogP contribution in [0.25, 0.3) is 0 Å². The Morgan fingerprint density at radius 3 is 2.53 bits per heavy atom. The Morgan fingerprint density at radius 1 is 1.16 bits per heavy atom. The molecule has 32 heavy (non-hydrogen) atoms. The lowest BCUT2D eigenvalue weighted by Crippen LogP contribution is -2.63. The monoisotopic (exact) mass is 442 g/mol. The number of carbonyl (C=O) groups excluding carboxylic acids is 2. The van der Waals surface area contributed by atoms with Gasteiger partial charge in [0.1, 0.15) is 23.7 Å². The SMILES string of the molecule is C[C@]12CC(O)[C@H]3[C@@H](CCC4=CC(=O)c5c(O)ccc(O)c5[C@@]43C)[C@@H]1CC[C@]2(O)C(=O)CO. The Bertz CT molecular complexity index is 1060. The van der Waals surface area contributed by atoms with Crippen LogP contribution in [0.3, 0.4) is 0 Å². The van der Waals surface area contributed by atoms with Gasteiger partial charge in [-0.25, -0.2) is 0 Å². The first-order chi connectivity index (χ1) is 15.0. The normalized spacial score (nSPS) is 42.4. The highest BCUT2D eigenvalue weighted by atomic mass is 16.3. The molecule has 172 valence electrons. The Morgan fingerprint density at radius 2 is 1.84 bits per heavy atom. The second-order valence-corrected chi connectivity index (χ2v) is 10.6. The van der Waals surface area contributed by atoms with Gasteiger partial charge >= 0.3 is 0 Å². The maximum Gasteiger partial charge on any atom is 0.190 e. The van der Waals surface area contributed by atoms with E-state index in [-0.39, 0.29) is 53.4 Å². The number of hydrogen-bond donors (Lipinski definition) is 5. The van der Waals surface area contributed by atoms with E-state index in [1.165, 1.54) is 12.1 Å². The molecule has 0 aliphatic heterocycles. The van der Waals surface area contributed by atoms with Crippen LogP contribution in [0.15, 0.2) is 23.8 Å². The first-order valence-corrected chi connectivity index (χ1v) is 11.4. The molecule has 5 N–H and O–H groups in total. The largest absolute Gasteiger partial charge is 0.508 e. The molecule has 7 nitrogen and oxygen atoms in total. The third kappa shape index (κ3) is 2.37. The summed E-state index contributed by atoms with van der Waals surface area (Å²) in [6.45, 7) is 3.02. The number of aliphatic hydroxyl groups is 3. The minimum absolute atomic E-state index is 0.0599. The van der Waals surface area contributed by atoms with E-state index in [4.69, 9.17) is 0 Å². The van der Waals surface area contributed by atoms with Crippen molar-refractivity contribution < 1.29 is 35.1 Å². The maximum atomic E-state index is 12.8. The fourth-order valence-electron chi connectivity index (χ4n) is 8.09. The van der Waals surface area contributed by atoms with E-state index in [0.29, 0.717) is 24.8 Å². The van der Waals surface area contributed by atoms with Gasteiger partial charge in [-0.2, -0.15) is 0 Å². The van der Waals surface area contributed by atoms with Crippen LogP contribution >= 0.6 is 0 Å². The first-order valence-electron chi connectivity index (χ1n) is 11.4. The van der Waals surface area contributed by atoms with Crippen molar-refractivity contribution in [2.45, 2.75) is 63.1 Å². The van der Waals surface area contributed by atoms with Crippen LogP contribution in [-0.4, -0.2) is 55.4 Å². The minimum atomic E-state index is -1.68. The molecule has 1 aromatic rings. The molecule has 0 spiro atoms. The molecule has 0 heterocycles. The van der Waals surface area contributed by atoms with Crippen LogP contribution < -0.4 is 0 Å². The van der Waals surface area contributed by atoms with E-state index in [0.717, 1.165) is 5.57 Å². The molecule has 1 aromatic carbocycles. The second-order valence-electron chi connectivity index (χ2n) is 10.6. The Kier molecular flexibility index (Phi) is 4.49. The quantitative estimate of drug-likeness (QED) is 0.442. The molecular formula is C25H30O7. The number of Topliss-reactive ketones (excluding diaryl/α,β-unsaturated/α-hetero) is 1. The fourth-order valence-corrected chi connectivity index (χ4v) is 8.09. The summed E-state index contributed by atoms with van der Waals surface area (Å²) < 4.78 is 0. The number of fused-ring (bicyclic) bond motifs is 7. The molecule has 0 aromatic heterocycles. The number of carbonyl (C=O) groups is 2. The number of ketones is 2. The van der Waals surface area contributed by atoms with E-state index in [2.05, 4.69) is 0 Å². The average molecular weight is 443 g/mol. The summed E-state index contributed by atoms with van der Waals surface area (Å²) in [6, 6.07) is 2.69. The van der Waals surface area contributed by atoms with E-state index >= 15 is 0 Å². The zero-order chi connectivity index (χ0) is 23.2. The van der Waals surface area contributed by atoms with Crippen molar-refractivity contribution in [2.75, 3.05) is 6.61 Å². The smallest absolute Gasteiger partial charge is 0.190 e. The van der Waals surface area contributed by atoms with Crippen molar-refractivity contribution in [3.05, 3.63) is 34.9 Å². The van der Waals surface area contributed by atoms with Gasteiger partial charge in [0.05, 0.1) is 11.7 Å². The van der Waals surface area contributed by atoms with Gasteiger partial charge in [0, 0.05) is 22.3 Å². The number of phenols is 2. The van der Waals surface area contributed by atoms with Crippen molar-refractivity contribution >= 4 is 11.6 Å². The number of rotatable bonds is 2. The maximum absolute atomic E-state index is 12.8. The molecule has 7 heteroatoms. The van der Waals surface area contributed by atoms with Crippen LogP contribution in [0.4, 0.5) is 0 Å². The highest BCUT2D eigenvalue weighted by Gasteiger charge is 2.69. The molecular weight excluding hydrogens is 412 g/mol. The molecule has 3 saturated carbocycles. The molecule has 4 aliphatic rings. The first kappa shape index (κ1) is 21.6. The van der Waals surface area contributed by atoms with E-state index < -0.39 is 34.9 Å². The third-order valence-electron chi connectivity index (χ3n) is 9.52. The van der Waals surface area contributed by atoms with Gasteiger partial charge in [-0.05, 0) is 62.1 Å². The Hall–Kier alpha value is -2.22. The molecule has 7 atom stereocenters. The summed E-state index contributed by atoms with van der Waals surface area (Å²) in [7, 11) is 0. The number of allylic oxidation sites excluding steroid dienone is 2. The standard InChI is InChI=1S/C25H30O7/c1-23-10-18(30)21-13(14(23)7-8-25(23,32)19(31)11-26)4-3-12-9-17(29)20-15(27)5-6-16(28)22(20)24(12,21)2/h5-6,9,13-14,18,21,26-28,30,32H,3-4,7-8,10-11H2,1-2H3/t13-,14-,18?,21+,23-,24-,25-/m0/s1. The van der Waals surface area contributed by atoms with Crippen LogP contribution in [0.5, 0.6) is 11.5 Å². The van der Waals surface area contributed by atoms with Gasteiger partial charge in [-0.15, -0.1) is 0 Å². The zero-order valence-electron chi connectivity index (χ0n) is 18.3. The molecule has 4 aliphatic carbocycles. The molecule has 0 radical (unpaired) electrons. The minimum Gasteiger partial charge on any atom is -0.508 e. The van der Waals surface area contributed by atoms with Gasteiger partial charge in [-0.1, -0.05) is 19.4 Å². The number of benzene rings is 1. The zero-order valence-corrected chi connectivity index (χ0v) is 18.3. The van der Waals surface area contributed by atoms with Crippen molar-refractivity contribution in [3.63, 3.8) is 0 Å². The predicted octanol–water partition coefficient (Wildman–Crippen LogP) is 1.98.